The summed E-state index contributed by atoms with van der Waals surface area (Å²) in [4.78, 5) is 0. The van der Waals surface area contributed by atoms with Crippen LogP contribution < -0.4 is 5.32 Å². The molecule has 1 aromatic rings. The van der Waals surface area contributed by atoms with Crippen LogP contribution in [0.25, 0.3) is 0 Å². The van der Waals surface area contributed by atoms with Crippen molar-refractivity contribution in [2.24, 2.45) is 5.41 Å². The molecule has 0 fully saturated rings. The summed E-state index contributed by atoms with van der Waals surface area (Å²) in [5, 5.41) is 3.62. The van der Waals surface area contributed by atoms with Gasteiger partial charge in [-0.1, -0.05) is 58.9 Å². The maximum atomic E-state index is 3.62. The number of aryl methyl sites for hydroxylation is 1. The van der Waals surface area contributed by atoms with Crippen LogP contribution in [0.4, 0.5) is 0 Å². The van der Waals surface area contributed by atoms with E-state index in [1.807, 2.05) is 0 Å². The molecule has 0 saturated heterocycles. The lowest BCUT2D eigenvalue weighted by Gasteiger charge is -2.26. The molecule has 102 valence electrons. The normalized spacial score (nSPS) is 13.6. The van der Waals surface area contributed by atoms with Crippen molar-refractivity contribution < 1.29 is 0 Å². The van der Waals surface area contributed by atoms with E-state index < -0.39 is 0 Å². The number of hydrogen-bond donors (Lipinski definition) is 1. The molecule has 0 saturated carbocycles. The lowest BCUT2D eigenvalue weighted by molar-refractivity contribution is 0.309. The Bertz CT molecular complexity index is 332. The Morgan fingerprint density at radius 1 is 1.00 bits per heavy atom. The fourth-order valence-corrected chi connectivity index (χ4v) is 2.44. The highest BCUT2D eigenvalue weighted by atomic mass is 14.9. The lowest BCUT2D eigenvalue weighted by Crippen LogP contribution is -2.34. The minimum Gasteiger partial charge on any atom is -0.314 e. The molecule has 1 aromatic carbocycles. The van der Waals surface area contributed by atoms with Crippen molar-refractivity contribution in [3.05, 3.63) is 35.4 Å². The van der Waals surface area contributed by atoms with Gasteiger partial charge in [0, 0.05) is 6.04 Å². The van der Waals surface area contributed by atoms with E-state index in [-0.39, 0.29) is 0 Å². The van der Waals surface area contributed by atoms with Gasteiger partial charge in [-0.05, 0) is 42.3 Å². The molecule has 0 bridgehead atoms. The summed E-state index contributed by atoms with van der Waals surface area (Å²) >= 11 is 0. The SMILES string of the molecule is CCNC(Cc1ccc(CC)cc1)CC(C)(C)C. The highest BCUT2D eigenvalue weighted by molar-refractivity contribution is 5.23. The third-order valence-electron chi connectivity index (χ3n) is 3.26. The van der Waals surface area contributed by atoms with Gasteiger partial charge in [0.1, 0.15) is 0 Å². The van der Waals surface area contributed by atoms with E-state index in [4.69, 9.17) is 0 Å². The zero-order chi connectivity index (χ0) is 13.6. The van der Waals surface area contributed by atoms with Crippen LogP contribution in [0.5, 0.6) is 0 Å². The summed E-state index contributed by atoms with van der Waals surface area (Å²) in [6.45, 7) is 12.4. The van der Waals surface area contributed by atoms with Crippen LogP contribution >= 0.6 is 0 Å². The molecular weight excluding hydrogens is 218 g/mol. The number of benzene rings is 1. The van der Waals surface area contributed by atoms with Crippen LogP contribution in [0, 0.1) is 5.41 Å². The van der Waals surface area contributed by atoms with Gasteiger partial charge < -0.3 is 5.32 Å². The zero-order valence-corrected chi connectivity index (χ0v) is 12.7. The second-order valence-electron chi connectivity index (χ2n) is 6.39. The first-order valence-corrected chi connectivity index (χ1v) is 7.25. The minimum atomic E-state index is 0.385. The minimum absolute atomic E-state index is 0.385. The van der Waals surface area contributed by atoms with Gasteiger partial charge in [-0.25, -0.2) is 0 Å². The number of hydrogen-bond acceptors (Lipinski definition) is 1. The molecule has 0 spiro atoms. The van der Waals surface area contributed by atoms with Crippen molar-refractivity contribution in [1.29, 1.82) is 0 Å². The Morgan fingerprint density at radius 2 is 1.56 bits per heavy atom. The molecular formula is C17H29N. The van der Waals surface area contributed by atoms with Gasteiger partial charge in [0.05, 0.1) is 0 Å². The van der Waals surface area contributed by atoms with Crippen LogP contribution in [0.3, 0.4) is 0 Å². The smallest absolute Gasteiger partial charge is 0.0112 e. The molecule has 0 radical (unpaired) electrons. The molecule has 0 aliphatic heterocycles. The largest absolute Gasteiger partial charge is 0.314 e. The lowest BCUT2D eigenvalue weighted by atomic mass is 9.85. The van der Waals surface area contributed by atoms with Crippen molar-refractivity contribution in [3.8, 4) is 0 Å². The monoisotopic (exact) mass is 247 g/mol. The molecule has 18 heavy (non-hydrogen) atoms. The Labute approximate surface area is 113 Å². The van der Waals surface area contributed by atoms with Crippen LogP contribution in [-0.4, -0.2) is 12.6 Å². The van der Waals surface area contributed by atoms with Gasteiger partial charge in [-0.15, -0.1) is 0 Å². The van der Waals surface area contributed by atoms with Gasteiger partial charge >= 0.3 is 0 Å². The highest BCUT2D eigenvalue weighted by Gasteiger charge is 2.18. The number of nitrogens with one attached hydrogen (secondary N) is 1. The average Bonchev–Trinajstić information content (AvgIpc) is 2.28. The summed E-state index contributed by atoms with van der Waals surface area (Å²) in [6, 6.07) is 9.67. The van der Waals surface area contributed by atoms with Crippen molar-refractivity contribution in [2.75, 3.05) is 6.54 Å². The maximum absolute atomic E-state index is 3.62. The average molecular weight is 247 g/mol. The highest BCUT2D eigenvalue weighted by Crippen LogP contribution is 2.22. The molecule has 1 N–H and O–H groups in total. The first kappa shape index (κ1) is 15.2. The number of likely N-dealkylation sites (N-methyl/N-ethyl adjacent to an activating group) is 1. The van der Waals surface area contributed by atoms with E-state index in [0.29, 0.717) is 11.5 Å². The van der Waals surface area contributed by atoms with Crippen molar-refractivity contribution in [3.63, 3.8) is 0 Å². The van der Waals surface area contributed by atoms with E-state index in [0.717, 1.165) is 19.4 Å². The Kier molecular flexibility index (Phi) is 5.87. The van der Waals surface area contributed by atoms with Crippen LogP contribution in [0.1, 0.15) is 52.2 Å². The summed E-state index contributed by atoms with van der Waals surface area (Å²) in [7, 11) is 0. The van der Waals surface area contributed by atoms with E-state index in [2.05, 4.69) is 64.2 Å². The fraction of sp³-hybridized carbons (Fsp3) is 0.647. The first-order valence-electron chi connectivity index (χ1n) is 7.25. The van der Waals surface area contributed by atoms with Crippen molar-refractivity contribution in [1.82, 2.24) is 5.32 Å². The van der Waals surface area contributed by atoms with Gasteiger partial charge in [-0.2, -0.15) is 0 Å². The predicted octanol–water partition coefficient (Wildman–Crippen LogP) is 4.21. The molecule has 0 amide bonds. The second-order valence-corrected chi connectivity index (χ2v) is 6.39. The van der Waals surface area contributed by atoms with Crippen LogP contribution in [-0.2, 0) is 12.8 Å². The molecule has 0 aliphatic carbocycles. The van der Waals surface area contributed by atoms with Crippen LogP contribution in [0.15, 0.2) is 24.3 Å². The van der Waals surface area contributed by atoms with E-state index in [9.17, 15) is 0 Å². The van der Waals surface area contributed by atoms with E-state index in [1.54, 1.807) is 0 Å². The third kappa shape index (κ3) is 5.68. The summed E-state index contributed by atoms with van der Waals surface area (Å²) < 4.78 is 0. The zero-order valence-electron chi connectivity index (χ0n) is 12.7. The first-order chi connectivity index (χ1) is 8.44. The van der Waals surface area contributed by atoms with Gasteiger partial charge in [0.2, 0.25) is 0 Å². The predicted molar refractivity (Wildman–Crippen MR) is 81.1 cm³/mol. The molecule has 0 aliphatic rings. The Hall–Kier alpha value is -0.820. The Morgan fingerprint density at radius 3 is 2.00 bits per heavy atom. The van der Waals surface area contributed by atoms with Crippen molar-refractivity contribution >= 4 is 0 Å². The summed E-state index contributed by atoms with van der Waals surface area (Å²) in [5.74, 6) is 0. The van der Waals surface area contributed by atoms with Crippen LogP contribution in [0.2, 0.25) is 0 Å². The molecule has 0 aromatic heterocycles. The van der Waals surface area contributed by atoms with Gasteiger partial charge in [-0.3, -0.25) is 0 Å². The quantitative estimate of drug-likeness (QED) is 0.794. The van der Waals surface area contributed by atoms with E-state index >= 15 is 0 Å². The van der Waals surface area contributed by atoms with Gasteiger partial charge in [0.25, 0.3) is 0 Å². The molecule has 1 rings (SSSR count). The molecule has 1 unspecified atom stereocenters. The molecule has 1 heteroatoms. The van der Waals surface area contributed by atoms with Gasteiger partial charge in [0.15, 0.2) is 0 Å². The topological polar surface area (TPSA) is 12.0 Å². The third-order valence-corrected chi connectivity index (χ3v) is 3.26. The molecule has 0 heterocycles. The summed E-state index contributed by atoms with van der Waals surface area (Å²) in [6.07, 6.45) is 3.48. The molecule has 1 atom stereocenters. The maximum Gasteiger partial charge on any atom is 0.0112 e. The molecule has 1 nitrogen and oxygen atoms in total. The fourth-order valence-electron chi connectivity index (χ4n) is 2.44. The van der Waals surface area contributed by atoms with E-state index in [1.165, 1.54) is 17.5 Å². The number of rotatable bonds is 6. The van der Waals surface area contributed by atoms with Crippen molar-refractivity contribution in [2.45, 2.75) is 59.9 Å². The summed E-state index contributed by atoms with van der Waals surface area (Å²) in [5.41, 5.74) is 3.26. The Balaban J connectivity index is 2.64. The standard InChI is InChI=1S/C17H29N/c1-6-14-8-10-15(11-9-14)12-16(18-7-2)13-17(3,4)5/h8-11,16,18H,6-7,12-13H2,1-5H3. The second kappa shape index (κ2) is 6.94.